The van der Waals surface area contributed by atoms with Crippen molar-refractivity contribution in [2.45, 2.75) is 52.2 Å². The maximum atomic E-state index is 14.2. The Hall–Kier alpha value is -2.77. The van der Waals surface area contributed by atoms with Crippen LogP contribution in [0.2, 0.25) is 0 Å². The Morgan fingerprint density at radius 2 is 1.96 bits per heavy atom. The van der Waals surface area contributed by atoms with E-state index in [9.17, 15) is 14.0 Å². The number of carbonyl (C=O) groups is 2. The number of aromatic nitrogens is 2. The van der Waals surface area contributed by atoms with Crippen molar-refractivity contribution in [1.82, 2.24) is 15.5 Å². The summed E-state index contributed by atoms with van der Waals surface area (Å²) >= 11 is 0. The molecule has 8 heteroatoms. The third kappa shape index (κ3) is 5.65. The molecule has 1 amide bonds. The SMILES string of the molecule is Cc1nc([C@@H](NC(=O)CCC(=O)OC(C)(C)C)c2ccccc2F)no1. The summed E-state index contributed by atoms with van der Waals surface area (Å²) in [5, 5.41) is 6.42. The van der Waals surface area contributed by atoms with Crippen LogP contribution >= 0.6 is 0 Å². The van der Waals surface area contributed by atoms with Gasteiger partial charge in [0.25, 0.3) is 0 Å². The zero-order valence-corrected chi connectivity index (χ0v) is 15.2. The number of benzene rings is 1. The quantitative estimate of drug-likeness (QED) is 0.793. The second-order valence-corrected chi connectivity index (χ2v) is 6.78. The molecule has 1 N–H and O–H groups in total. The van der Waals surface area contributed by atoms with Gasteiger partial charge in [0.05, 0.1) is 6.42 Å². The minimum Gasteiger partial charge on any atom is -0.460 e. The molecular formula is C18H22FN3O4. The van der Waals surface area contributed by atoms with Gasteiger partial charge in [-0.3, -0.25) is 9.59 Å². The van der Waals surface area contributed by atoms with Crippen LogP contribution in [0.4, 0.5) is 4.39 Å². The number of ether oxygens (including phenoxy) is 1. The lowest BCUT2D eigenvalue weighted by molar-refractivity contribution is -0.155. The van der Waals surface area contributed by atoms with E-state index < -0.39 is 29.3 Å². The molecule has 0 saturated carbocycles. The molecule has 0 radical (unpaired) electrons. The molecule has 1 heterocycles. The average Bonchev–Trinajstić information content (AvgIpc) is 2.96. The predicted octanol–water partition coefficient (Wildman–Crippen LogP) is 2.84. The van der Waals surface area contributed by atoms with Crippen molar-refractivity contribution in [1.29, 1.82) is 0 Å². The molecule has 0 aliphatic heterocycles. The third-order valence-corrected chi connectivity index (χ3v) is 3.30. The van der Waals surface area contributed by atoms with E-state index in [1.165, 1.54) is 12.1 Å². The van der Waals surface area contributed by atoms with E-state index in [-0.39, 0.29) is 24.2 Å². The number of carbonyl (C=O) groups excluding carboxylic acids is 2. The fourth-order valence-corrected chi connectivity index (χ4v) is 2.26. The molecule has 0 aliphatic rings. The summed E-state index contributed by atoms with van der Waals surface area (Å²) in [6.07, 6.45) is -0.185. The molecule has 1 aromatic carbocycles. The summed E-state index contributed by atoms with van der Waals surface area (Å²) < 4.78 is 24.3. The fraction of sp³-hybridized carbons (Fsp3) is 0.444. The van der Waals surface area contributed by atoms with Gasteiger partial charge in [-0.1, -0.05) is 23.4 Å². The Bertz CT molecular complexity index is 783. The highest BCUT2D eigenvalue weighted by Crippen LogP contribution is 2.22. The number of hydrogen-bond acceptors (Lipinski definition) is 6. The monoisotopic (exact) mass is 363 g/mol. The van der Waals surface area contributed by atoms with Crippen LogP contribution in [0.15, 0.2) is 28.8 Å². The van der Waals surface area contributed by atoms with Gasteiger partial charge in [-0.25, -0.2) is 4.39 Å². The van der Waals surface area contributed by atoms with Crippen molar-refractivity contribution in [3.8, 4) is 0 Å². The summed E-state index contributed by atoms with van der Waals surface area (Å²) in [7, 11) is 0. The highest BCUT2D eigenvalue weighted by molar-refractivity contribution is 5.81. The van der Waals surface area contributed by atoms with Gasteiger partial charge >= 0.3 is 5.97 Å². The molecule has 26 heavy (non-hydrogen) atoms. The van der Waals surface area contributed by atoms with E-state index >= 15 is 0 Å². The summed E-state index contributed by atoms with van der Waals surface area (Å²) in [5.41, 5.74) is -0.412. The van der Waals surface area contributed by atoms with E-state index in [1.807, 2.05) is 0 Å². The number of nitrogens with one attached hydrogen (secondary N) is 1. The summed E-state index contributed by atoms with van der Waals surface area (Å²) in [5.74, 6) is -1.01. The van der Waals surface area contributed by atoms with Gasteiger partial charge in [-0.15, -0.1) is 0 Å². The zero-order chi connectivity index (χ0) is 19.3. The number of hydrogen-bond donors (Lipinski definition) is 1. The van der Waals surface area contributed by atoms with Crippen LogP contribution in [-0.2, 0) is 14.3 Å². The lowest BCUT2D eigenvalue weighted by Crippen LogP contribution is -2.31. The van der Waals surface area contributed by atoms with Crippen molar-refractivity contribution in [3.63, 3.8) is 0 Å². The molecule has 2 rings (SSSR count). The first-order valence-electron chi connectivity index (χ1n) is 8.21. The zero-order valence-electron chi connectivity index (χ0n) is 15.2. The van der Waals surface area contributed by atoms with Crippen molar-refractivity contribution in [2.75, 3.05) is 0 Å². The molecule has 140 valence electrons. The summed E-state index contributed by atoms with van der Waals surface area (Å²) in [6.45, 7) is 6.84. The Balaban J connectivity index is 2.09. The number of rotatable bonds is 6. The predicted molar refractivity (Wildman–Crippen MR) is 90.5 cm³/mol. The first-order valence-corrected chi connectivity index (χ1v) is 8.21. The van der Waals surface area contributed by atoms with Crippen LogP contribution < -0.4 is 5.32 Å². The number of halogens is 1. The molecule has 2 aromatic rings. The first kappa shape index (κ1) is 19.6. The Labute approximate surface area is 150 Å². The minimum absolute atomic E-state index is 0.0850. The fourth-order valence-electron chi connectivity index (χ4n) is 2.26. The second kappa shape index (κ2) is 8.07. The molecule has 1 atom stereocenters. The topological polar surface area (TPSA) is 94.3 Å². The lowest BCUT2D eigenvalue weighted by Gasteiger charge is -2.20. The van der Waals surface area contributed by atoms with Crippen molar-refractivity contribution in [2.24, 2.45) is 0 Å². The second-order valence-electron chi connectivity index (χ2n) is 6.78. The van der Waals surface area contributed by atoms with Crippen LogP contribution in [0.25, 0.3) is 0 Å². The third-order valence-electron chi connectivity index (χ3n) is 3.30. The van der Waals surface area contributed by atoms with Gasteiger partial charge in [-0.2, -0.15) is 4.98 Å². The molecular weight excluding hydrogens is 341 g/mol. The largest absolute Gasteiger partial charge is 0.460 e. The van der Waals surface area contributed by atoms with Crippen LogP contribution in [0.1, 0.15) is 56.9 Å². The van der Waals surface area contributed by atoms with E-state index in [0.717, 1.165) is 0 Å². The van der Waals surface area contributed by atoms with Gasteiger partial charge < -0.3 is 14.6 Å². The molecule has 7 nitrogen and oxygen atoms in total. The summed E-state index contributed by atoms with van der Waals surface area (Å²) in [4.78, 5) is 28.1. The maximum Gasteiger partial charge on any atom is 0.306 e. The van der Waals surface area contributed by atoms with Gasteiger partial charge in [0.2, 0.25) is 11.8 Å². The van der Waals surface area contributed by atoms with Crippen LogP contribution in [0.3, 0.4) is 0 Å². The summed E-state index contributed by atoms with van der Waals surface area (Å²) in [6, 6.07) is 5.08. The molecule has 0 spiro atoms. The van der Waals surface area contributed by atoms with Gasteiger partial charge in [0, 0.05) is 18.9 Å². The molecule has 0 bridgehead atoms. The van der Waals surface area contributed by atoms with Gasteiger partial charge in [0.1, 0.15) is 17.5 Å². The van der Waals surface area contributed by atoms with E-state index in [1.54, 1.807) is 39.8 Å². The van der Waals surface area contributed by atoms with Crippen molar-refractivity contribution < 1.29 is 23.2 Å². The molecule has 1 aromatic heterocycles. The highest BCUT2D eigenvalue weighted by atomic mass is 19.1. The minimum atomic E-state index is -0.917. The van der Waals surface area contributed by atoms with E-state index in [4.69, 9.17) is 9.26 Å². The molecule has 0 fully saturated rings. The molecule has 0 unspecified atom stereocenters. The van der Waals surface area contributed by atoms with Crippen molar-refractivity contribution >= 4 is 11.9 Å². The normalized spacial score (nSPS) is 12.5. The molecule has 0 aliphatic carbocycles. The molecule has 0 saturated heterocycles. The van der Waals surface area contributed by atoms with Crippen LogP contribution in [-0.4, -0.2) is 27.6 Å². The first-order chi connectivity index (χ1) is 12.2. The smallest absolute Gasteiger partial charge is 0.306 e. The maximum absolute atomic E-state index is 14.2. The highest BCUT2D eigenvalue weighted by Gasteiger charge is 2.25. The standard InChI is InChI=1S/C18H22FN3O4/c1-11-20-17(22-26-11)16(12-7-5-6-8-13(12)19)21-14(23)9-10-15(24)25-18(2,3)4/h5-8,16H,9-10H2,1-4H3,(H,21,23)/t16-/m0/s1. The van der Waals surface area contributed by atoms with Gasteiger partial charge in [-0.05, 0) is 26.8 Å². The Morgan fingerprint density at radius 1 is 1.27 bits per heavy atom. The van der Waals surface area contributed by atoms with E-state index in [2.05, 4.69) is 15.5 Å². The Kier molecular flexibility index (Phi) is 6.07. The lowest BCUT2D eigenvalue weighted by atomic mass is 10.1. The van der Waals surface area contributed by atoms with Crippen molar-refractivity contribution in [3.05, 3.63) is 47.4 Å². The number of aryl methyl sites for hydroxylation is 1. The average molecular weight is 363 g/mol. The number of amides is 1. The van der Waals surface area contributed by atoms with Crippen LogP contribution in [0.5, 0.6) is 0 Å². The Morgan fingerprint density at radius 3 is 2.54 bits per heavy atom. The number of nitrogens with zero attached hydrogens (tertiary/aromatic N) is 2. The van der Waals surface area contributed by atoms with Crippen LogP contribution in [0, 0.1) is 12.7 Å². The van der Waals surface area contributed by atoms with E-state index in [0.29, 0.717) is 5.89 Å². The van der Waals surface area contributed by atoms with Gasteiger partial charge in [0.15, 0.2) is 5.82 Å². The number of esters is 1.